The summed E-state index contributed by atoms with van der Waals surface area (Å²) < 4.78 is 5.08. The number of methoxy groups -OCH3 is 1. The van der Waals surface area contributed by atoms with Gasteiger partial charge >= 0.3 is 0 Å². The molecule has 0 unspecified atom stereocenters. The van der Waals surface area contributed by atoms with Gasteiger partial charge in [-0.1, -0.05) is 23.8 Å². The van der Waals surface area contributed by atoms with Crippen LogP contribution in [0, 0.1) is 0 Å². The maximum atomic E-state index is 8.74. The molecule has 2 nitrogen and oxygen atoms in total. The predicted molar refractivity (Wildman–Crippen MR) is 62.2 cm³/mol. The molecule has 0 saturated heterocycles. The normalized spacial score (nSPS) is 11.5. The van der Waals surface area contributed by atoms with Crippen LogP contribution in [0.1, 0.15) is 18.9 Å². The molecule has 0 aliphatic carbocycles. The molecule has 0 bridgehead atoms. The van der Waals surface area contributed by atoms with E-state index in [0.29, 0.717) is 0 Å². The SMILES string of the molecule is COc1ccc(C/C=C(\C)CCO)cc1. The summed E-state index contributed by atoms with van der Waals surface area (Å²) in [5, 5.41) is 8.74. The third-order valence-corrected chi connectivity index (χ3v) is 2.35. The molecule has 1 N–H and O–H groups in total. The molecule has 0 heterocycles. The molecule has 0 saturated carbocycles. The van der Waals surface area contributed by atoms with Crippen molar-refractivity contribution >= 4 is 0 Å². The highest BCUT2D eigenvalue weighted by Crippen LogP contribution is 2.12. The third kappa shape index (κ3) is 4.17. The molecule has 0 aromatic heterocycles. The first-order valence-electron chi connectivity index (χ1n) is 5.15. The maximum absolute atomic E-state index is 8.74. The van der Waals surface area contributed by atoms with Crippen molar-refractivity contribution in [1.29, 1.82) is 0 Å². The molecule has 0 amide bonds. The van der Waals surface area contributed by atoms with E-state index >= 15 is 0 Å². The number of aliphatic hydroxyl groups excluding tert-OH is 1. The van der Waals surface area contributed by atoms with Gasteiger partial charge in [0.15, 0.2) is 0 Å². The Balaban J connectivity index is 2.54. The first kappa shape index (κ1) is 11.8. The molecule has 0 atom stereocenters. The third-order valence-electron chi connectivity index (χ3n) is 2.35. The summed E-state index contributed by atoms with van der Waals surface area (Å²) in [6.45, 7) is 2.27. The number of rotatable bonds is 5. The topological polar surface area (TPSA) is 29.5 Å². The van der Waals surface area contributed by atoms with Crippen LogP contribution >= 0.6 is 0 Å². The summed E-state index contributed by atoms with van der Waals surface area (Å²) in [4.78, 5) is 0. The highest BCUT2D eigenvalue weighted by Gasteiger charge is 1.93. The molecule has 1 rings (SSSR count). The van der Waals surface area contributed by atoms with Crippen molar-refractivity contribution in [3.05, 3.63) is 41.5 Å². The van der Waals surface area contributed by atoms with E-state index in [2.05, 4.69) is 18.2 Å². The van der Waals surface area contributed by atoms with Crippen LogP contribution in [0.2, 0.25) is 0 Å². The van der Waals surface area contributed by atoms with Crippen molar-refractivity contribution in [3.63, 3.8) is 0 Å². The van der Waals surface area contributed by atoms with Crippen LogP contribution in [0.4, 0.5) is 0 Å². The van der Waals surface area contributed by atoms with Crippen LogP contribution in [0.25, 0.3) is 0 Å². The highest BCUT2D eigenvalue weighted by atomic mass is 16.5. The Bertz CT molecular complexity index is 312. The van der Waals surface area contributed by atoms with Crippen molar-refractivity contribution in [2.75, 3.05) is 13.7 Å². The molecular weight excluding hydrogens is 188 g/mol. The number of allylic oxidation sites excluding steroid dienone is 1. The van der Waals surface area contributed by atoms with Gasteiger partial charge in [0.05, 0.1) is 7.11 Å². The highest BCUT2D eigenvalue weighted by molar-refractivity contribution is 5.28. The second-order valence-electron chi connectivity index (χ2n) is 3.58. The summed E-state index contributed by atoms with van der Waals surface area (Å²) in [7, 11) is 1.67. The van der Waals surface area contributed by atoms with Gasteiger partial charge in [-0.05, 0) is 37.5 Å². The van der Waals surface area contributed by atoms with Gasteiger partial charge in [0.25, 0.3) is 0 Å². The molecule has 15 heavy (non-hydrogen) atoms. The fourth-order valence-corrected chi connectivity index (χ4v) is 1.33. The summed E-state index contributed by atoms with van der Waals surface area (Å²) >= 11 is 0. The molecular formula is C13H18O2. The van der Waals surface area contributed by atoms with Gasteiger partial charge in [-0.2, -0.15) is 0 Å². The van der Waals surface area contributed by atoms with Crippen LogP contribution in [0.5, 0.6) is 5.75 Å². The van der Waals surface area contributed by atoms with E-state index in [9.17, 15) is 0 Å². The number of hydrogen-bond donors (Lipinski definition) is 1. The van der Waals surface area contributed by atoms with Crippen LogP contribution in [-0.2, 0) is 6.42 Å². The Labute approximate surface area is 91.2 Å². The summed E-state index contributed by atoms with van der Waals surface area (Å²) in [5.74, 6) is 0.884. The second-order valence-corrected chi connectivity index (χ2v) is 3.58. The second kappa shape index (κ2) is 6.25. The molecule has 0 aliphatic heterocycles. The van der Waals surface area contributed by atoms with Gasteiger partial charge in [0, 0.05) is 6.61 Å². The Morgan fingerprint density at radius 2 is 2.00 bits per heavy atom. The van der Waals surface area contributed by atoms with E-state index < -0.39 is 0 Å². The minimum Gasteiger partial charge on any atom is -0.497 e. The lowest BCUT2D eigenvalue weighted by atomic mass is 10.1. The number of ether oxygens (including phenoxy) is 1. The molecule has 2 heteroatoms. The fraction of sp³-hybridized carbons (Fsp3) is 0.385. The lowest BCUT2D eigenvalue weighted by molar-refractivity contribution is 0.299. The van der Waals surface area contributed by atoms with Crippen molar-refractivity contribution in [1.82, 2.24) is 0 Å². The zero-order valence-electron chi connectivity index (χ0n) is 9.36. The fourth-order valence-electron chi connectivity index (χ4n) is 1.33. The van der Waals surface area contributed by atoms with Crippen LogP contribution in [-0.4, -0.2) is 18.8 Å². The van der Waals surface area contributed by atoms with Gasteiger partial charge < -0.3 is 9.84 Å². The molecule has 1 aromatic carbocycles. The molecule has 0 spiro atoms. The molecule has 82 valence electrons. The largest absolute Gasteiger partial charge is 0.497 e. The Morgan fingerprint density at radius 3 is 2.53 bits per heavy atom. The average molecular weight is 206 g/mol. The number of benzene rings is 1. The Kier molecular flexibility index (Phi) is 4.91. The monoisotopic (exact) mass is 206 g/mol. The van der Waals surface area contributed by atoms with Crippen molar-refractivity contribution in [3.8, 4) is 5.75 Å². The molecule has 0 fully saturated rings. The first-order valence-corrected chi connectivity index (χ1v) is 5.15. The summed E-state index contributed by atoms with van der Waals surface area (Å²) in [5.41, 5.74) is 2.49. The molecule has 1 aromatic rings. The average Bonchev–Trinajstić information content (AvgIpc) is 2.27. The number of aliphatic hydroxyl groups is 1. The predicted octanol–water partition coefficient (Wildman–Crippen LogP) is 2.57. The number of hydrogen-bond acceptors (Lipinski definition) is 2. The molecule has 0 radical (unpaired) electrons. The Hall–Kier alpha value is -1.28. The smallest absolute Gasteiger partial charge is 0.118 e. The van der Waals surface area contributed by atoms with E-state index in [1.54, 1.807) is 7.11 Å². The van der Waals surface area contributed by atoms with Crippen LogP contribution in [0.3, 0.4) is 0 Å². The summed E-state index contributed by atoms with van der Waals surface area (Å²) in [6.07, 6.45) is 3.82. The van der Waals surface area contributed by atoms with Crippen LogP contribution in [0.15, 0.2) is 35.9 Å². The van der Waals surface area contributed by atoms with E-state index in [0.717, 1.165) is 18.6 Å². The van der Waals surface area contributed by atoms with Crippen molar-refractivity contribution < 1.29 is 9.84 Å². The summed E-state index contributed by atoms with van der Waals surface area (Å²) in [6, 6.07) is 8.04. The van der Waals surface area contributed by atoms with E-state index in [1.807, 2.05) is 19.1 Å². The molecule has 0 aliphatic rings. The minimum absolute atomic E-state index is 0.227. The van der Waals surface area contributed by atoms with Crippen molar-refractivity contribution in [2.45, 2.75) is 19.8 Å². The maximum Gasteiger partial charge on any atom is 0.118 e. The van der Waals surface area contributed by atoms with Crippen molar-refractivity contribution in [2.24, 2.45) is 0 Å². The first-order chi connectivity index (χ1) is 7.26. The lowest BCUT2D eigenvalue weighted by Crippen LogP contribution is -1.87. The van der Waals surface area contributed by atoms with E-state index in [-0.39, 0.29) is 6.61 Å². The lowest BCUT2D eigenvalue weighted by Gasteiger charge is -2.02. The quantitative estimate of drug-likeness (QED) is 0.750. The van der Waals surface area contributed by atoms with Gasteiger partial charge in [0.2, 0.25) is 0 Å². The zero-order valence-corrected chi connectivity index (χ0v) is 9.36. The van der Waals surface area contributed by atoms with Gasteiger partial charge in [-0.3, -0.25) is 0 Å². The standard InChI is InChI=1S/C13H18O2/c1-11(9-10-14)3-4-12-5-7-13(15-2)8-6-12/h3,5-8,14H,4,9-10H2,1-2H3/b11-3+. The van der Waals surface area contributed by atoms with Gasteiger partial charge in [-0.25, -0.2) is 0 Å². The minimum atomic E-state index is 0.227. The van der Waals surface area contributed by atoms with Gasteiger partial charge in [0.1, 0.15) is 5.75 Å². The van der Waals surface area contributed by atoms with Crippen LogP contribution < -0.4 is 4.74 Å². The zero-order chi connectivity index (χ0) is 11.1. The van der Waals surface area contributed by atoms with E-state index in [4.69, 9.17) is 9.84 Å². The Morgan fingerprint density at radius 1 is 1.33 bits per heavy atom. The van der Waals surface area contributed by atoms with Gasteiger partial charge in [-0.15, -0.1) is 0 Å². The van der Waals surface area contributed by atoms with E-state index in [1.165, 1.54) is 11.1 Å².